The summed E-state index contributed by atoms with van der Waals surface area (Å²) in [5.41, 5.74) is 0.945. The van der Waals surface area contributed by atoms with Gasteiger partial charge in [0, 0.05) is 43.9 Å². The Balaban J connectivity index is 2.16. The number of aromatic nitrogens is 4. The Morgan fingerprint density at radius 1 is 1.29 bits per heavy atom. The molecular weight excluding hydrogens is 214 g/mol. The molecule has 90 valence electrons. The van der Waals surface area contributed by atoms with Gasteiger partial charge in [0.25, 0.3) is 0 Å². The highest BCUT2D eigenvalue weighted by Gasteiger charge is 2.14. The monoisotopic (exact) mass is 231 g/mol. The van der Waals surface area contributed by atoms with Crippen LogP contribution < -0.4 is 5.32 Å². The van der Waals surface area contributed by atoms with E-state index in [-0.39, 0.29) is 6.04 Å². The highest BCUT2D eigenvalue weighted by molar-refractivity contribution is 5.06. The Hall–Kier alpha value is -1.75. The van der Waals surface area contributed by atoms with Crippen molar-refractivity contribution in [3.63, 3.8) is 0 Å². The molecule has 0 aliphatic rings. The summed E-state index contributed by atoms with van der Waals surface area (Å²) in [6.45, 7) is 3.05. The Labute approximate surface area is 101 Å². The number of nitrogens with one attached hydrogen (secondary N) is 1. The molecule has 1 N–H and O–H groups in total. The normalized spacial score (nSPS) is 12.6. The van der Waals surface area contributed by atoms with Gasteiger partial charge in [-0.25, -0.2) is 4.98 Å². The largest absolute Gasteiger partial charge is 0.335 e. The molecule has 0 saturated heterocycles. The summed E-state index contributed by atoms with van der Waals surface area (Å²) in [7, 11) is 1.93. The van der Waals surface area contributed by atoms with Crippen molar-refractivity contribution in [2.75, 3.05) is 7.05 Å². The van der Waals surface area contributed by atoms with Gasteiger partial charge in [-0.2, -0.15) is 0 Å². The predicted octanol–water partition coefficient (Wildman–Crippen LogP) is 1.20. The molecule has 0 bridgehead atoms. The fourth-order valence-electron chi connectivity index (χ4n) is 1.85. The third kappa shape index (κ3) is 2.68. The topological polar surface area (TPSA) is 55.6 Å². The van der Waals surface area contributed by atoms with Gasteiger partial charge in [-0.1, -0.05) is 0 Å². The minimum absolute atomic E-state index is 0.149. The van der Waals surface area contributed by atoms with Crippen molar-refractivity contribution >= 4 is 0 Å². The van der Waals surface area contributed by atoms with Gasteiger partial charge >= 0.3 is 0 Å². The first kappa shape index (κ1) is 11.7. The van der Waals surface area contributed by atoms with Crippen LogP contribution in [-0.2, 0) is 13.0 Å². The van der Waals surface area contributed by atoms with Crippen molar-refractivity contribution in [3.05, 3.63) is 42.5 Å². The lowest BCUT2D eigenvalue weighted by Gasteiger charge is -2.15. The molecule has 5 nitrogen and oxygen atoms in total. The van der Waals surface area contributed by atoms with Gasteiger partial charge in [0.15, 0.2) is 0 Å². The van der Waals surface area contributed by atoms with Crippen LogP contribution >= 0.6 is 0 Å². The zero-order valence-corrected chi connectivity index (χ0v) is 10.2. The highest BCUT2D eigenvalue weighted by atomic mass is 15.1. The summed E-state index contributed by atoms with van der Waals surface area (Å²) < 4.78 is 2.14. The van der Waals surface area contributed by atoms with Gasteiger partial charge < -0.3 is 9.88 Å². The molecule has 1 unspecified atom stereocenters. The number of hydrogen-bond acceptors (Lipinski definition) is 4. The van der Waals surface area contributed by atoms with E-state index < -0.39 is 0 Å². The molecule has 0 saturated carbocycles. The lowest BCUT2D eigenvalue weighted by atomic mass is 10.1. The standard InChI is InChI=1S/C12H17N5/c1-3-17-7-6-16-12(17)8-10(13-2)11-9-14-4-5-15-11/h4-7,9-10,13H,3,8H2,1-2H3. The third-order valence-electron chi connectivity index (χ3n) is 2.82. The zero-order valence-electron chi connectivity index (χ0n) is 10.2. The smallest absolute Gasteiger partial charge is 0.110 e. The highest BCUT2D eigenvalue weighted by Crippen LogP contribution is 2.14. The fraction of sp³-hybridized carbons (Fsp3) is 0.417. The number of rotatable bonds is 5. The van der Waals surface area contributed by atoms with E-state index in [1.807, 2.05) is 19.4 Å². The summed E-state index contributed by atoms with van der Waals surface area (Å²) in [5, 5.41) is 3.25. The Morgan fingerprint density at radius 2 is 2.18 bits per heavy atom. The predicted molar refractivity (Wildman–Crippen MR) is 65.4 cm³/mol. The summed E-state index contributed by atoms with van der Waals surface area (Å²) in [6.07, 6.45) is 9.84. The van der Waals surface area contributed by atoms with E-state index in [4.69, 9.17) is 0 Å². The summed E-state index contributed by atoms with van der Waals surface area (Å²) >= 11 is 0. The van der Waals surface area contributed by atoms with Gasteiger partial charge in [0.1, 0.15) is 5.82 Å². The van der Waals surface area contributed by atoms with Gasteiger partial charge in [0.05, 0.1) is 11.7 Å². The zero-order chi connectivity index (χ0) is 12.1. The molecule has 5 heteroatoms. The van der Waals surface area contributed by atoms with Gasteiger partial charge in [-0.3, -0.25) is 9.97 Å². The van der Waals surface area contributed by atoms with Crippen LogP contribution in [0.4, 0.5) is 0 Å². The van der Waals surface area contributed by atoms with Crippen LogP contribution in [-0.4, -0.2) is 26.6 Å². The van der Waals surface area contributed by atoms with Gasteiger partial charge in [-0.15, -0.1) is 0 Å². The Kier molecular flexibility index (Phi) is 3.82. The first-order valence-corrected chi connectivity index (χ1v) is 5.78. The van der Waals surface area contributed by atoms with Crippen LogP contribution in [0.15, 0.2) is 31.0 Å². The van der Waals surface area contributed by atoms with E-state index in [2.05, 4.69) is 31.8 Å². The van der Waals surface area contributed by atoms with Crippen LogP contribution in [0.5, 0.6) is 0 Å². The van der Waals surface area contributed by atoms with Crippen molar-refractivity contribution in [1.29, 1.82) is 0 Å². The van der Waals surface area contributed by atoms with E-state index in [0.717, 1.165) is 24.5 Å². The van der Waals surface area contributed by atoms with E-state index in [0.29, 0.717) is 0 Å². The first-order chi connectivity index (χ1) is 8.35. The van der Waals surface area contributed by atoms with Gasteiger partial charge in [0.2, 0.25) is 0 Å². The SMILES string of the molecule is CCn1ccnc1CC(NC)c1cnccn1. The van der Waals surface area contributed by atoms with E-state index in [9.17, 15) is 0 Å². The molecule has 17 heavy (non-hydrogen) atoms. The summed E-state index contributed by atoms with van der Waals surface area (Å²) in [4.78, 5) is 12.8. The lowest BCUT2D eigenvalue weighted by Crippen LogP contribution is -2.21. The number of imidazole rings is 1. The minimum atomic E-state index is 0.149. The average Bonchev–Trinajstić information content (AvgIpc) is 2.84. The molecular formula is C12H17N5. The molecule has 0 spiro atoms. The molecule has 0 aromatic carbocycles. The maximum absolute atomic E-state index is 4.38. The van der Waals surface area contributed by atoms with Crippen molar-refractivity contribution in [3.8, 4) is 0 Å². The van der Waals surface area contributed by atoms with Crippen molar-refractivity contribution in [2.24, 2.45) is 0 Å². The molecule has 0 fully saturated rings. The summed E-state index contributed by atoms with van der Waals surface area (Å²) in [5.74, 6) is 1.07. The average molecular weight is 231 g/mol. The Morgan fingerprint density at radius 3 is 2.82 bits per heavy atom. The first-order valence-electron chi connectivity index (χ1n) is 5.78. The Bertz CT molecular complexity index is 451. The minimum Gasteiger partial charge on any atom is -0.335 e. The van der Waals surface area contributed by atoms with Crippen LogP contribution in [0.25, 0.3) is 0 Å². The van der Waals surface area contributed by atoms with Crippen molar-refractivity contribution in [2.45, 2.75) is 25.9 Å². The molecule has 2 aromatic heterocycles. The van der Waals surface area contributed by atoms with Crippen LogP contribution in [0, 0.1) is 0 Å². The molecule has 0 amide bonds. The molecule has 0 aliphatic heterocycles. The maximum Gasteiger partial charge on any atom is 0.110 e. The van der Waals surface area contributed by atoms with Crippen molar-refractivity contribution in [1.82, 2.24) is 24.8 Å². The van der Waals surface area contributed by atoms with E-state index in [1.165, 1.54) is 0 Å². The van der Waals surface area contributed by atoms with Crippen LogP contribution in [0.3, 0.4) is 0 Å². The van der Waals surface area contributed by atoms with Crippen LogP contribution in [0.1, 0.15) is 24.5 Å². The second kappa shape index (κ2) is 5.54. The summed E-state index contributed by atoms with van der Waals surface area (Å²) in [6, 6.07) is 0.149. The fourth-order valence-corrected chi connectivity index (χ4v) is 1.85. The van der Waals surface area contributed by atoms with E-state index >= 15 is 0 Å². The third-order valence-corrected chi connectivity index (χ3v) is 2.82. The number of likely N-dealkylation sites (N-methyl/N-ethyl adjacent to an activating group) is 1. The number of hydrogen-bond donors (Lipinski definition) is 1. The quantitative estimate of drug-likeness (QED) is 0.840. The number of nitrogens with zero attached hydrogens (tertiary/aromatic N) is 4. The molecule has 2 rings (SSSR count). The molecule has 2 heterocycles. The second-order valence-electron chi connectivity index (χ2n) is 3.81. The van der Waals surface area contributed by atoms with Crippen molar-refractivity contribution < 1.29 is 0 Å². The second-order valence-corrected chi connectivity index (χ2v) is 3.81. The van der Waals surface area contributed by atoms with E-state index in [1.54, 1.807) is 18.6 Å². The lowest BCUT2D eigenvalue weighted by molar-refractivity contribution is 0.539. The molecule has 1 atom stereocenters. The number of aryl methyl sites for hydroxylation is 1. The molecule has 0 radical (unpaired) electrons. The van der Waals surface area contributed by atoms with Gasteiger partial charge in [-0.05, 0) is 14.0 Å². The maximum atomic E-state index is 4.38. The molecule has 2 aromatic rings. The van der Waals surface area contributed by atoms with Crippen LogP contribution in [0.2, 0.25) is 0 Å². The molecule has 0 aliphatic carbocycles.